The van der Waals surface area contributed by atoms with Crippen molar-refractivity contribution in [3.05, 3.63) is 71.4 Å². The first-order chi connectivity index (χ1) is 16.7. The zero-order valence-corrected chi connectivity index (χ0v) is 19.4. The van der Waals surface area contributed by atoms with E-state index < -0.39 is 0 Å². The molecule has 3 heterocycles. The zero-order valence-electron chi connectivity index (χ0n) is 18.6. The molecular formula is C26H24N6OS. The summed E-state index contributed by atoms with van der Waals surface area (Å²) in [6.45, 7) is 0.454. The summed E-state index contributed by atoms with van der Waals surface area (Å²) in [5.74, 6) is 0.389. The molecule has 7 nitrogen and oxygen atoms in total. The van der Waals surface area contributed by atoms with Crippen LogP contribution in [0.3, 0.4) is 0 Å². The fourth-order valence-corrected chi connectivity index (χ4v) is 5.72. The molecule has 6 rings (SSSR count). The van der Waals surface area contributed by atoms with Gasteiger partial charge in [-0.3, -0.25) is 4.79 Å². The van der Waals surface area contributed by atoms with Crippen molar-refractivity contribution in [1.82, 2.24) is 25.1 Å². The number of rotatable bonds is 5. The Balaban J connectivity index is 1.23. The molecule has 0 radical (unpaired) electrons. The van der Waals surface area contributed by atoms with Gasteiger partial charge in [0.2, 0.25) is 0 Å². The predicted octanol–water partition coefficient (Wildman–Crippen LogP) is 5.34. The van der Waals surface area contributed by atoms with Crippen LogP contribution < -0.4 is 11.1 Å². The van der Waals surface area contributed by atoms with E-state index in [-0.39, 0.29) is 5.91 Å². The van der Waals surface area contributed by atoms with Gasteiger partial charge in [-0.2, -0.15) is 5.10 Å². The molecule has 2 aromatic carbocycles. The number of amides is 1. The molecule has 3 N–H and O–H groups in total. The number of hydrogen-bond donors (Lipinski definition) is 2. The topological polar surface area (TPSA) is 98.7 Å². The lowest BCUT2D eigenvalue weighted by Gasteiger charge is -2.10. The van der Waals surface area contributed by atoms with Crippen LogP contribution in [0, 0.1) is 0 Å². The lowest BCUT2D eigenvalue weighted by Crippen LogP contribution is -2.21. The Bertz CT molecular complexity index is 1460. The van der Waals surface area contributed by atoms with E-state index in [2.05, 4.69) is 15.3 Å². The number of fused-ring (bicyclic) bond motifs is 2. The van der Waals surface area contributed by atoms with Crippen molar-refractivity contribution >= 4 is 44.2 Å². The maximum Gasteiger partial charge on any atom is 0.261 e. The highest BCUT2D eigenvalue weighted by Gasteiger charge is 2.24. The van der Waals surface area contributed by atoms with Gasteiger partial charge in [0.25, 0.3) is 5.91 Å². The van der Waals surface area contributed by atoms with Crippen LogP contribution in [0.15, 0.2) is 60.9 Å². The highest BCUT2D eigenvalue weighted by Crippen LogP contribution is 2.36. The first-order valence-electron chi connectivity index (χ1n) is 11.5. The summed E-state index contributed by atoms with van der Waals surface area (Å²) in [4.78, 5) is 22.1. The van der Waals surface area contributed by atoms with E-state index in [1.807, 2.05) is 59.3 Å². The molecule has 0 aliphatic heterocycles. The second-order valence-electron chi connectivity index (χ2n) is 8.72. The number of carbonyl (C=O) groups excluding carboxylic acids is 1. The molecule has 5 aromatic rings. The molecule has 1 aliphatic carbocycles. The SMILES string of the molecule is Nc1ncnc2c1c(-c1ccc(CNC(=O)c3cc4ccccc4s3)cc1)nn2C1CCCC1. The Kier molecular flexibility index (Phi) is 5.22. The summed E-state index contributed by atoms with van der Waals surface area (Å²) in [5, 5.41) is 9.86. The van der Waals surface area contributed by atoms with Gasteiger partial charge in [-0.05, 0) is 35.9 Å². The first-order valence-corrected chi connectivity index (χ1v) is 12.3. The Labute approximate surface area is 200 Å². The number of anilines is 1. The van der Waals surface area contributed by atoms with Gasteiger partial charge in [-0.1, -0.05) is 55.3 Å². The van der Waals surface area contributed by atoms with Crippen molar-refractivity contribution in [1.29, 1.82) is 0 Å². The van der Waals surface area contributed by atoms with E-state index in [9.17, 15) is 4.79 Å². The molecular weight excluding hydrogens is 444 g/mol. The van der Waals surface area contributed by atoms with E-state index >= 15 is 0 Å². The molecule has 1 fully saturated rings. The minimum Gasteiger partial charge on any atom is -0.383 e. The molecule has 0 saturated heterocycles. The summed E-state index contributed by atoms with van der Waals surface area (Å²) in [6, 6.07) is 18.4. The molecule has 0 unspecified atom stereocenters. The van der Waals surface area contributed by atoms with Crippen LogP contribution in [0.2, 0.25) is 0 Å². The fourth-order valence-electron chi connectivity index (χ4n) is 4.74. The van der Waals surface area contributed by atoms with E-state index in [4.69, 9.17) is 10.8 Å². The van der Waals surface area contributed by atoms with Crippen molar-refractivity contribution in [3.8, 4) is 11.3 Å². The minimum absolute atomic E-state index is 0.0588. The summed E-state index contributed by atoms with van der Waals surface area (Å²) < 4.78 is 3.15. The van der Waals surface area contributed by atoms with E-state index in [1.165, 1.54) is 30.5 Å². The van der Waals surface area contributed by atoms with Gasteiger partial charge in [-0.25, -0.2) is 14.6 Å². The van der Waals surface area contributed by atoms with Crippen LogP contribution in [0.25, 0.3) is 32.4 Å². The zero-order chi connectivity index (χ0) is 23.1. The first kappa shape index (κ1) is 20.8. The van der Waals surface area contributed by atoms with Crippen LogP contribution in [0.5, 0.6) is 0 Å². The molecule has 1 saturated carbocycles. The van der Waals surface area contributed by atoms with Gasteiger partial charge in [0.15, 0.2) is 5.65 Å². The van der Waals surface area contributed by atoms with Crippen LogP contribution in [0.4, 0.5) is 5.82 Å². The Morgan fingerprint density at radius 3 is 2.68 bits per heavy atom. The number of nitrogens with one attached hydrogen (secondary N) is 1. The summed E-state index contributed by atoms with van der Waals surface area (Å²) in [6.07, 6.45) is 6.15. The molecule has 0 spiro atoms. The predicted molar refractivity (Wildman–Crippen MR) is 136 cm³/mol. The number of carbonyl (C=O) groups is 1. The van der Waals surface area contributed by atoms with Gasteiger partial charge < -0.3 is 11.1 Å². The number of nitrogens with two attached hydrogens (primary N) is 1. The second kappa shape index (κ2) is 8.53. The minimum atomic E-state index is -0.0588. The van der Waals surface area contributed by atoms with Gasteiger partial charge >= 0.3 is 0 Å². The van der Waals surface area contributed by atoms with Crippen molar-refractivity contribution in [2.24, 2.45) is 0 Å². The average Bonchev–Trinajstić information content (AvgIpc) is 3.61. The Morgan fingerprint density at radius 1 is 1.09 bits per heavy atom. The maximum atomic E-state index is 12.6. The van der Waals surface area contributed by atoms with Gasteiger partial charge in [0.05, 0.1) is 16.3 Å². The van der Waals surface area contributed by atoms with E-state index in [1.54, 1.807) is 0 Å². The molecule has 8 heteroatoms. The smallest absolute Gasteiger partial charge is 0.261 e. The molecule has 170 valence electrons. The largest absolute Gasteiger partial charge is 0.383 e. The van der Waals surface area contributed by atoms with E-state index in [0.29, 0.717) is 18.4 Å². The number of nitrogens with zero attached hydrogens (tertiary/aromatic N) is 4. The number of benzene rings is 2. The van der Waals surface area contributed by atoms with Gasteiger partial charge in [0.1, 0.15) is 17.8 Å². The third kappa shape index (κ3) is 3.70. The summed E-state index contributed by atoms with van der Waals surface area (Å²) >= 11 is 1.51. The van der Waals surface area contributed by atoms with Crippen LogP contribution in [-0.4, -0.2) is 25.7 Å². The molecule has 1 amide bonds. The molecule has 3 aromatic heterocycles. The number of hydrogen-bond acceptors (Lipinski definition) is 6. The molecule has 0 bridgehead atoms. The van der Waals surface area contributed by atoms with Crippen LogP contribution in [0.1, 0.15) is 47.0 Å². The monoisotopic (exact) mass is 468 g/mol. The average molecular weight is 469 g/mol. The third-order valence-electron chi connectivity index (χ3n) is 6.52. The van der Waals surface area contributed by atoms with Crippen LogP contribution >= 0.6 is 11.3 Å². The number of aromatic nitrogens is 4. The molecule has 0 atom stereocenters. The number of nitrogen functional groups attached to an aromatic ring is 1. The van der Waals surface area contributed by atoms with Gasteiger partial charge in [0, 0.05) is 16.8 Å². The second-order valence-corrected chi connectivity index (χ2v) is 9.80. The fraction of sp³-hybridized carbons (Fsp3) is 0.231. The van der Waals surface area contributed by atoms with E-state index in [0.717, 1.165) is 55.7 Å². The highest BCUT2D eigenvalue weighted by atomic mass is 32.1. The summed E-state index contributed by atoms with van der Waals surface area (Å²) in [5.41, 5.74) is 9.83. The highest BCUT2D eigenvalue weighted by molar-refractivity contribution is 7.20. The maximum absolute atomic E-state index is 12.6. The third-order valence-corrected chi connectivity index (χ3v) is 7.63. The summed E-state index contributed by atoms with van der Waals surface area (Å²) in [7, 11) is 0. The van der Waals surface area contributed by atoms with Crippen molar-refractivity contribution in [2.45, 2.75) is 38.3 Å². The van der Waals surface area contributed by atoms with Crippen molar-refractivity contribution in [2.75, 3.05) is 5.73 Å². The normalized spacial score (nSPS) is 14.2. The van der Waals surface area contributed by atoms with Gasteiger partial charge in [-0.15, -0.1) is 11.3 Å². The standard InChI is InChI=1S/C26H24N6OS/c27-24-22-23(31-32(19-6-2-3-7-19)25(22)30-15-29-24)17-11-9-16(10-12-17)14-28-26(33)21-13-18-5-1-4-8-20(18)34-21/h1,4-5,8-13,15,19H,2-3,6-7,14H2,(H,28,33)(H2,27,29,30). The lowest BCUT2D eigenvalue weighted by atomic mass is 10.1. The Hall–Kier alpha value is -3.78. The molecule has 34 heavy (non-hydrogen) atoms. The number of thiophene rings is 1. The Morgan fingerprint density at radius 2 is 1.88 bits per heavy atom. The van der Waals surface area contributed by atoms with Crippen LogP contribution in [-0.2, 0) is 6.54 Å². The van der Waals surface area contributed by atoms with Crippen molar-refractivity contribution < 1.29 is 4.79 Å². The lowest BCUT2D eigenvalue weighted by molar-refractivity contribution is 0.0955. The molecule has 1 aliphatic rings. The van der Waals surface area contributed by atoms with Crippen molar-refractivity contribution in [3.63, 3.8) is 0 Å². The quantitative estimate of drug-likeness (QED) is 0.363.